The monoisotopic (exact) mass is 623 g/mol. The first-order valence-corrected chi connectivity index (χ1v) is 15.0. The summed E-state index contributed by atoms with van der Waals surface area (Å²) in [6.07, 6.45) is 0.964. The number of methoxy groups -OCH3 is 2. The van der Waals surface area contributed by atoms with Crippen LogP contribution in [0.1, 0.15) is 37.4 Å². The Balaban J connectivity index is 1.53. The highest BCUT2D eigenvalue weighted by atomic mass is 35.5. The smallest absolute Gasteiger partial charge is 0.255 e. The average molecular weight is 624 g/mol. The molecule has 12 heteroatoms. The summed E-state index contributed by atoms with van der Waals surface area (Å²) in [5.41, 5.74) is 2.54. The van der Waals surface area contributed by atoms with Crippen LogP contribution in [0.3, 0.4) is 0 Å². The zero-order valence-corrected chi connectivity index (χ0v) is 25.7. The maximum Gasteiger partial charge on any atom is 0.255 e. The normalized spacial score (nSPS) is 14.1. The van der Waals surface area contributed by atoms with Crippen molar-refractivity contribution in [2.45, 2.75) is 38.1 Å². The van der Waals surface area contributed by atoms with E-state index in [1.807, 2.05) is 25.1 Å². The third kappa shape index (κ3) is 6.42. The fourth-order valence-electron chi connectivity index (χ4n) is 4.72. The van der Waals surface area contributed by atoms with Crippen molar-refractivity contribution >= 4 is 40.9 Å². The van der Waals surface area contributed by atoms with Gasteiger partial charge in [0.15, 0.2) is 11.5 Å². The number of nitrogens with zero attached hydrogens (tertiary/aromatic N) is 3. The summed E-state index contributed by atoms with van der Waals surface area (Å²) < 4.78 is 33.1. The molecule has 1 unspecified atom stereocenters. The van der Waals surface area contributed by atoms with Crippen molar-refractivity contribution in [3.05, 3.63) is 93.9 Å². The molecule has 43 heavy (non-hydrogen) atoms. The Morgan fingerprint density at radius 1 is 1.09 bits per heavy atom. The molecule has 224 valence electrons. The van der Waals surface area contributed by atoms with Crippen molar-refractivity contribution in [1.29, 1.82) is 0 Å². The van der Waals surface area contributed by atoms with Crippen LogP contribution in [0.4, 0.5) is 16.0 Å². The molecule has 0 spiro atoms. The maximum absolute atomic E-state index is 14.4. The zero-order valence-electron chi connectivity index (χ0n) is 24.1. The number of carbonyl (C=O) groups is 1. The molecule has 0 aliphatic carbocycles. The summed E-state index contributed by atoms with van der Waals surface area (Å²) in [6, 6.07) is 16.3. The lowest BCUT2D eigenvalue weighted by molar-refractivity contribution is -0.113. The topological polar surface area (TPSA) is 99.5 Å². The third-order valence-corrected chi connectivity index (χ3v) is 8.20. The fourth-order valence-corrected chi connectivity index (χ4v) is 5.62. The Hall–Kier alpha value is -4.22. The van der Waals surface area contributed by atoms with Crippen LogP contribution in [-0.4, -0.2) is 40.6 Å². The van der Waals surface area contributed by atoms with Crippen LogP contribution in [0, 0.1) is 5.82 Å². The molecular formula is C31H31ClFN5O4S. The minimum atomic E-state index is -0.654. The number of carbonyl (C=O) groups excluding carboxylic acids is 1. The molecule has 1 aliphatic rings. The number of thioether (sulfide) groups is 1. The molecule has 9 nitrogen and oxygen atoms in total. The van der Waals surface area contributed by atoms with Crippen molar-refractivity contribution in [2.24, 2.45) is 0 Å². The third-order valence-electron chi connectivity index (χ3n) is 6.81. The maximum atomic E-state index is 14.4. The van der Waals surface area contributed by atoms with Gasteiger partial charge in [0.25, 0.3) is 5.91 Å². The second-order valence-electron chi connectivity index (χ2n) is 9.63. The lowest BCUT2D eigenvalue weighted by Gasteiger charge is -2.29. The highest BCUT2D eigenvalue weighted by Crippen LogP contribution is 2.40. The van der Waals surface area contributed by atoms with Gasteiger partial charge in [0.05, 0.1) is 30.5 Å². The minimum Gasteiger partial charge on any atom is -0.495 e. The van der Waals surface area contributed by atoms with Crippen LogP contribution in [0.2, 0.25) is 5.02 Å². The van der Waals surface area contributed by atoms with Crippen molar-refractivity contribution in [2.75, 3.05) is 30.6 Å². The van der Waals surface area contributed by atoms with Crippen LogP contribution >= 0.6 is 23.4 Å². The highest BCUT2D eigenvalue weighted by Gasteiger charge is 2.35. The lowest BCUT2D eigenvalue weighted by atomic mass is 9.94. The van der Waals surface area contributed by atoms with Crippen LogP contribution in [-0.2, 0) is 11.4 Å². The molecule has 2 N–H and O–H groups in total. The quantitative estimate of drug-likeness (QED) is 0.171. The molecule has 0 fully saturated rings. The number of aromatic nitrogens is 3. The van der Waals surface area contributed by atoms with E-state index in [4.69, 9.17) is 30.9 Å². The first-order valence-electron chi connectivity index (χ1n) is 13.6. The van der Waals surface area contributed by atoms with E-state index < -0.39 is 11.9 Å². The molecule has 1 aromatic heterocycles. The molecular weight excluding hydrogens is 593 g/mol. The van der Waals surface area contributed by atoms with E-state index in [1.165, 1.54) is 19.2 Å². The number of anilines is 2. The van der Waals surface area contributed by atoms with Gasteiger partial charge >= 0.3 is 0 Å². The van der Waals surface area contributed by atoms with E-state index in [0.29, 0.717) is 50.9 Å². The van der Waals surface area contributed by atoms with Gasteiger partial charge in [-0.1, -0.05) is 54.6 Å². The first kappa shape index (κ1) is 30.2. The predicted molar refractivity (Wildman–Crippen MR) is 166 cm³/mol. The Morgan fingerprint density at radius 3 is 2.63 bits per heavy atom. The number of rotatable bonds is 11. The molecule has 5 rings (SSSR count). The van der Waals surface area contributed by atoms with E-state index >= 15 is 0 Å². The second-order valence-corrected chi connectivity index (χ2v) is 11.1. The van der Waals surface area contributed by atoms with Crippen LogP contribution in [0.5, 0.6) is 17.2 Å². The standard InChI is InChI=1S/C31H31ClFN5O4S/c1-5-15-43-31-36-30-34-18(2)27(29(39)35-23-11-6-7-12-24(23)40-3)28(38(30)37-31)19-13-14-25(26(16-19)41-4)42-17-20-21(32)9-8-10-22(20)33/h6-14,16,28H,5,15,17H2,1-4H3,(H,35,39)(H,34,36,37). The summed E-state index contributed by atoms with van der Waals surface area (Å²) in [5.74, 6) is 1.89. The SMILES string of the molecule is CCCSc1nc2n(n1)C(c1ccc(OCc3c(F)cccc3Cl)c(OC)c1)C(C(=O)Nc1ccccc1OC)=C(C)N2. The van der Waals surface area contributed by atoms with Crippen molar-refractivity contribution in [1.82, 2.24) is 14.8 Å². The average Bonchev–Trinajstić information content (AvgIpc) is 3.41. The Morgan fingerprint density at radius 2 is 1.88 bits per heavy atom. The Kier molecular flexibility index (Phi) is 9.42. The predicted octanol–water partition coefficient (Wildman–Crippen LogP) is 7.10. The molecule has 3 aromatic carbocycles. The molecule has 1 amide bonds. The number of nitrogens with one attached hydrogen (secondary N) is 2. The van der Waals surface area contributed by atoms with Crippen LogP contribution < -0.4 is 24.8 Å². The van der Waals surface area contributed by atoms with Crippen LogP contribution in [0.15, 0.2) is 77.1 Å². The number of amides is 1. The first-order chi connectivity index (χ1) is 20.8. The highest BCUT2D eigenvalue weighted by molar-refractivity contribution is 7.99. The zero-order chi connectivity index (χ0) is 30.5. The number of hydrogen-bond acceptors (Lipinski definition) is 8. The van der Waals surface area contributed by atoms with Crippen molar-refractivity contribution in [3.63, 3.8) is 0 Å². The number of halogens is 2. The summed E-state index contributed by atoms with van der Waals surface area (Å²) in [7, 11) is 3.06. The molecule has 0 radical (unpaired) electrons. The van der Waals surface area contributed by atoms with Crippen molar-refractivity contribution < 1.29 is 23.4 Å². The number of hydrogen-bond donors (Lipinski definition) is 2. The van der Waals surface area contributed by atoms with Gasteiger partial charge in [0, 0.05) is 17.0 Å². The van der Waals surface area contributed by atoms with E-state index in [2.05, 4.69) is 22.5 Å². The summed E-state index contributed by atoms with van der Waals surface area (Å²) in [5, 5.41) is 11.9. The number of fused-ring (bicyclic) bond motifs is 1. The Labute approximate surface area is 258 Å². The van der Waals surface area contributed by atoms with Gasteiger partial charge in [-0.2, -0.15) is 4.98 Å². The van der Waals surface area contributed by atoms with Crippen LogP contribution in [0.25, 0.3) is 0 Å². The molecule has 4 aromatic rings. The molecule has 1 atom stereocenters. The number of allylic oxidation sites excluding steroid dienone is 1. The lowest BCUT2D eigenvalue weighted by Crippen LogP contribution is -2.31. The van der Waals surface area contributed by atoms with Gasteiger partial charge in [-0.3, -0.25) is 4.79 Å². The summed E-state index contributed by atoms with van der Waals surface area (Å²) in [4.78, 5) is 18.6. The van der Waals surface area contributed by atoms with E-state index in [9.17, 15) is 9.18 Å². The van der Waals surface area contributed by atoms with Gasteiger partial charge in [-0.15, -0.1) is 5.10 Å². The number of ether oxygens (including phenoxy) is 3. The number of para-hydroxylation sites is 2. The van der Waals surface area contributed by atoms with Gasteiger partial charge in [-0.25, -0.2) is 9.07 Å². The molecule has 0 saturated heterocycles. The summed E-state index contributed by atoms with van der Waals surface area (Å²) >= 11 is 7.73. The fraction of sp³-hybridized carbons (Fsp3) is 0.258. The van der Waals surface area contributed by atoms with E-state index in [1.54, 1.807) is 53.9 Å². The summed E-state index contributed by atoms with van der Waals surface area (Å²) in [6.45, 7) is 3.82. The molecule has 2 heterocycles. The van der Waals surface area contributed by atoms with Gasteiger partial charge in [0.1, 0.15) is 24.2 Å². The second kappa shape index (κ2) is 13.4. The van der Waals surface area contributed by atoms with Gasteiger partial charge in [-0.05, 0) is 55.3 Å². The molecule has 1 aliphatic heterocycles. The largest absolute Gasteiger partial charge is 0.495 e. The minimum absolute atomic E-state index is 0.0919. The molecule has 0 saturated carbocycles. The van der Waals surface area contributed by atoms with Gasteiger partial charge in [0.2, 0.25) is 11.1 Å². The van der Waals surface area contributed by atoms with E-state index in [-0.39, 0.29) is 23.1 Å². The van der Waals surface area contributed by atoms with Gasteiger partial charge < -0.3 is 24.8 Å². The molecule has 0 bridgehead atoms. The van der Waals surface area contributed by atoms with E-state index in [0.717, 1.165) is 12.2 Å². The number of benzene rings is 3. The van der Waals surface area contributed by atoms with Crippen molar-refractivity contribution in [3.8, 4) is 17.2 Å². The Bertz CT molecular complexity index is 1660.